The molecule has 1 aromatic carbocycles. The van der Waals surface area contributed by atoms with Gasteiger partial charge in [-0.15, -0.1) is 0 Å². The number of carboxylic acids is 1. The molecular weight excluding hydrogens is 286 g/mol. The van der Waals surface area contributed by atoms with E-state index in [-0.39, 0.29) is 13.2 Å². The van der Waals surface area contributed by atoms with Gasteiger partial charge in [0.25, 0.3) is 0 Å². The van der Waals surface area contributed by atoms with Gasteiger partial charge in [0, 0.05) is 0 Å². The van der Waals surface area contributed by atoms with Crippen LogP contribution in [-0.4, -0.2) is 26.9 Å². The maximum absolute atomic E-state index is 11.8. The summed E-state index contributed by atoms with van der Waals surface area (Å²) in [6.45, 7) is 3.29. The first-order chi connectivity index (χ1) is 10.5. The van der Waals surface area contributed by atoms with Crippen molar-refractivity contribution in [2.24, 2.45) is 0 Å². The highest BCUT2D eigenvalue weighted by Crippen LogP contribution is 2.19. The number of aromatic nitrogens is 2. The van der Waals surface area contributed by atoms with Gasteiger partial charge in [0.15, 0.2) is 0 Å². The van der Waals surface area contributed by atoms with Gasteiger partial charge in [0.2, 0.25) is 0 Å². The molecule has 0 atom stereocenters. The molecule has 0 radical (unpaired) electrons. The van der Waals surface area contributed by atoms with Gasteiger partial charge < -0.3 is 9.84 Å². The summed E-state index contributed by atoms with van der Waals surface area (Å²) in [4.78, 5) is 22.6. The van der Waals surface area contributed by atoms with Gasteiger partial charge in [-0.25, -0.2) is 4.79 Å². The molecule has 0 bridgehead atoms. The van der Waals surface area contributed by atoms with Gasteiger partial charge in [0.05, 0.1) is 17.1 Å². The molecule has 7 nitrogen and oxygen atoms in total. The van der Waals surface area contributed by atoms with Gasteiger partial charge >= 0.3 is 12.1 Å². The molecule has 0 aliphatic rings. The van der Waals surface area contributed by atoms with Crippen molar-refractivity contribution in [2.75, 3.05) is 5.32 Å². The molecule has 1 amide bonds. The average molecular weight is 303 g/mol. The Hall–Kier alpha value is -2.83. The van der Waals surface area contributed by atoms with E-state index in [1.54, 1.807) is 13.8 Å². The molecule has 2 N–H and O–H groups in total. The van der Waals surface area contributed by atoms with Crippen LogP contribution in [0.1, 0.15) is 17.0 Å². The largest absolute Gasteiger partial charge is 0.480 e. The lowest BCUT2D eigenvalue weighted by Gasteiger charge is -2.07. The minimum atomic E-state index is -0.996. The average Bonchev–Trinajstić information content (AvgIpc) is 2.73. The summed E-state index contributed by atoms with van der Waals surface area (Å²) in [6, 6.07) is 9.32. The standard InChI is InChI=1S/C15H17N3O4/c1-10-14(11(2)18(17-10)8-13(19)20)16-15(21)22-9-12-6-4-3-5-7-12/h3-7H,8-9H2,1-2H3,(H,16,21)(H,19,20). The van der Waals surface area contributed by atoms with Crippen LogP contribution < -0.4 is 5.32 Å². The van der Waals surface area contributed by atoms with Crippen molar-refractivity contribution in [2.45, 2.75) is 27.0 Å². The van der Waals surface area contributed by atoms with Crippen molar-refractivity contribution >= 4 is 17.7 Å². The van der Waals surface area contributed by atoms with E-state index in [1.807, 2.05) is 30.3 Å². The van der Waals surface area contributed by atoms with E-state index in [9.17, 15) is 9.59 Å². The van der Waals surface area contributed by atoms with E-state index in [4.69, 9.17) is 9.84 Å². The number of ether oxygens (including phenoxy) is 1. The summed E-state index contributed by atoms with van der Waals surface area (Å²) in [5, 5.41) is 15.5. The number of carbonyl (C=O) groups is 2. The van der Waals surface area contributed by atoms with Gasteiger partial charge in [-0.05, 0) is 19.4 Å². The van der Waals surface area contributed by atoms with Crippen LogP contribution in [0.4, 0.5) is 10.5 Å². The lowest BCUT2D eigenvalue weighted by molar-refractivity contribution is -0.137. The zero-order valence-electron chi connectivity index (χ0n) is 12.4. The van der Waals surface area contributed by atoms with Gasteiger partial charge in [-0.1, -0.05) is 30.3 Å². The van der Waals surface area contributed by atoms with E-state index in [0.29, 0.717) is 17.1 Å². The summed E-state index contributed by atoms with van der Waals surface area (Å²) < 4.78 is 6.45. The smallest absolute Gasteiger partial charge is 0.412 e. The van der Waals surface area contributed by atoms with E-state index in [1.165, 1.54) is 4.68 Å². The van der Waals surface area contributed by atoms with Crippen LogP contribution in [-0.2, 0) is 22.7 Å². The molecule has 0 spiro atoms. The lowest BCUT2D eigenvalue weighted by Crippen LogP contribution is -2.15. The molecule has 1 heterocycles. The first kappa shape index (κ1) is 15.6. The Morgan fingerprint density at radius 1 is 1.27 bits per heavy atom. The maximum Gasteiger partial charge on any atom is 0.412 e. The number of amides is 1. The van der Waals surface area contributed by atoms with Crippen LogP contribution in [0.5, 0.6) is 0 Å². The number of hydrogen-bond acceptors (Lipinski definition) is 4. The summed E-state index contributed by atoms with van der Waals surface area (Å²) >= 11 is 0. The van der Waals surface area contributed by atoms with E-state index in [0.717, 1.165) is 5.56 Å². The molecule has 2 aromatic rings. The number of carbonyl (C=O) groups excluding carboxylic acids is 1. The summed E-state index contributed by atoms with van der Waals surface area (Å²) in [5.74, 6) is -0.996. The number of anilines is 1. The Bertz CT molecular complexity index is 680. The number of hydrogen-bond donors (Lipinski definition) is 2. The molecule has 0 unspecified atom stereocenters. The quantitative estimate of drug-likeness (QED) is 0.884. The van der Waals surface area contributed by atoms with E-state index in [2.05, 4.69) is 10.4 Å². The monoisotopic (exact) mass is 303 g/mol. The van der Waals surface area contributed by atoms with E-state index >= 15 is 0 Å². The molecule has 116 valence electrons. The number of nitrogens with zero attached hydrogens (tertiary/aromatic N) is 2. The topological polar surface area (TPSA) is 93.5 Å². The number of nitrogens with one attached hydrogen (secondary N) is 1. The minimum Gasteiger partial charge on any atom is -0.480 e. The highest BCUT2D eigenvalue weighted by molar-refractivity contribution is 5.86. The summed E-state index contributed by atoms with van der Waals surface area (Å²) in [5.41, 5.74) is 2.46. The molecule has 22 heavy (non-hydrogen) atoms. The Morgan fingerprint density at radius 2 is 1.95 bits per heavy atom. The van der Waals surface area contributed by atoms with Gasteiger partial charge in [-0.3, -0.25) is 14.8 Å². The molecule has 0 aliphatic heterocycles. The van der Waals surface area contributed by atoms with Crippen molar-refractivity contribution in [3.05, 3.63) is 47.3 Å². The SMILES string of the molecule is Cc1nn(CC(=O)O)c(C)c1NC(=O)OCc1ccccc1. The van der Waals surface area contributed by atoms with Crippen LogP contribution in [0.2, 0.25) is 0 Å². The molecule has 2 rings (SSSR count). The third kappa shape index (κ3) is 3.85. The molecule has 0 fully saturated rings. The fourth-order valence-corrected chi connectivity index (χ4v) is 2.02. The third-order valence-electron chi connectivity index (χ3n) is 3.11. The molecule has 1 aromatic heterocycles. The number of aliphatic carboxylic acids is 1. The van der Waals surface area contributed by atoms with Crippen LogP contribution >= 0.6 is 0 Å². The molecule has 0 saturated carbocycles. The van der Waals surface area contributed by atoms with Crippen molar-refractivity contribution in [1.29, 1.82) is 0 Å². The maximum atomic E-state index is 11.8. The van der Waals surface area contributed by atoms with Crippen LogP contribution in [0, 0.1) is 13.8 Å². The van der Waals surface area contributed by atoms with Crippen molar-refractivity contribution in [1.82, 2.24) is 9.78 Å². The van der Waals surface area contributed by atoms with Gasteiger partial charge in [-0.2, -0.15) is 5.10 Å². The van der Waals surface area contributed by atoms with Crippen LogP contribution in [0.3, 0.4) is 0 Å². The molecule has 0 aliphatic carbocycles. The number of aryl methyl sites for hydroxylation is 1. The van der Waals surface area contributed by atoms with E-state index < -0.39 is 12.1 Å². The van der Waals surface area contributed by atoms with Crippen molar-refractivity contribution in [3.8, 4) is 0 Å². The van der Waals surface area contributed by atoms with Crippen molar-refractivity contribution in [3.63, 3.8) is 0 Å². The lowest BCUT2D eigenvalue weighted by atomic mass is 10.2. The molecule has 7 heteroatoms. The minimum absolute atomic E-state index is 0.161. The first-order valence-electron chi connectivity index (χ1n) is 6.71. The second kappa shape index (κ2) is 6.75. The van der Waals surface area contributed by atoms with Crippen LogP contribution in [0.25, 0.3) is 0 Å². The Labute approximate surface area is 127 Å². The Kier molecular flexibility index (Phi) is 4.77. The fourth-order valence-electron chi connectivity index (χ4n) is 2.02. The predicted molar refractivity (Wildman–Crippen MR) is 79.6 cm³/mol. The molecular formula is C15H17N3O4. The van der Waals surface area contributed by atoms with Gasteiger partial charge in [0.1, 0.15) is 13.2 Å². The highest BCUT2D eigenvalue weighted by Gasteiger charge is 2.16. The fraction of sp³-hybridized carbons (Fsp3) is 0.267. The third-order valence-corrected chi connectivity index (χ3v) is 3.11. The highest BCUT2D eigenvalue weighted by atomic mass is 16.5. The zero-order valence-corrected chi connectivity index (χ0v) is 12.4. The summed E-state index contributed by atoms with van der Waals surface area (Å²) in [7, 11) is 0. The van der Waals surface area contributed by atoms with Crippen LogP contribution in [0.15, 0.2) is 30.3 Å². The summed E-state index contributed by atoms with van der Waals surface area (Å²) in [6.07, 6.45) is -0.607. The Balaban J connectivity index is 1.99. The molecule has 0 saturated heterocycles. The zero-order chi connectivity index (χ0) is 16.1. The number of benzene rings is 1. The normalized spacial score (nSPS) is 10.3. The number of rotatable bonds is 5. The Morgan fingerprint density at radius 3 is 2.59 bits per heavy atom. The second-order valence-corrected chi connectivity index (χ2v) is 4.78. The first-order valence-corrected chi connectivity index (χ1v) is 6.71. The second-order valence-electron chi connectivity index (χ2n) is 4.78. The number of carboxylic acid groups (broad SMARTS) is 1. The van der Waals surface area contributed by atoms with Crippen molar-refractivity contribution < 1.29 is 19.4 Å². The predicted octanol–water partition coefficient (Wildman–Crippen LogP) is 2.33.